The van der Waals surface area contributed by atoms with Crippen molar-refractivity contribution in [1.29, 1.82) is 0 Å². The fourth-order valence-corrected chi connectivity index (χ4v) is 0.526. The molecule has 1 radical (unpaired) electrons. The number of hydrogen-bond donors (Lipinski definition) is 1. The van der Waals surface area contributed by atoms with Crippen molar-refractivity contribution in [2.45, 2.75) is 6.42 Å². The van der Waals surface area contributed by atoms with Crippen molar-refractivity contribution in [3.63, 3.8) is 0 Å². The summed E-state index contributed by atoms with van der Waals surface area (Å²) in [6.45, 7) is 0.457. The molecule has 39 valence electrons. The average molecular weight is 100 g/mol. The lowest BCUT2D eigenvalue weighted by Gasteiger charge is -2.00. The molecular formula is C4H6NO2. The van der Waals surface area contributed by atoms with Crippen LogP contribution in [-0.4, -0.2) is 22.7 Å². The van der Waals surface area contributed by atoms with E-state index in [2.05, 4.69) is 0 Å². The van der Waals surface area contributed by atoms with Crippen LogP contribution in [0.25, 0.3) is 0 Å². The summed E-state index contributed by atoms with van der Waals surface area (Å²) in [6.07, 6.45) is 2.13. The molecule has 1 aliphatic rings. The van der Waals surface area contributed by atoms with Crippen molar-refractivity contribution in [2.75, 3.05) is 6.54 Å². The highest BCUT2D eigenvalue weighted by molar-refractivity contribution is 5.85. The van der Waals surface area contributed by atoms with Gasteiger partial charge in [0.15, 0.2) is 0 Å². The van der Waals surface area contributed by atoms with Gasteiger partial charge in [0.25, 0.3) is 0 Å². The second-order valence-corrected chi connectivity index (χ2v) is 1.45. The van der Waals surface area contributed by atoms with E-state index in [1.54, 1.807) is 0 Å². The molecule has 0 spiro atoms. The van der Waals surface area contributed by atoms with Crippen molar-refractivity contribution in [3.8, 4) is 0 Å². The molecule has 0 aromatic rings. The number of nitrogens with zero attached hydrogens (tertiary/aromatic N) is 1. The lowest BCUT2D eigenvalue weighted by atomic mass is 10.4. The van der Waals surface area contributed by atoms with E-state index in [0.29, 0.717) is 18.0 Å². The Morgan fingerprint density at radius 2 is 2.57 bits per heavy atom. The minimum Gasteiger partial charge on any atom is -0.286 e. The third-order valence-electron chi connectivity index (χ3n) is 0.914. The molecule has 1 fully saturated rings. The molecule has 1 heterocycles. The average Bonchev–Trinajstić information content (AvgIpc) is 1.91. The van der Waals surface area contributed by atoms with Gasteiger partial charge in [-0.05, 0) is 6.42 Å². The predicted octanol–water partition coefficient (Wildman–Crippen LogP) is -0.188. The summed E-state index contributed by atoms with van der Waals surface area (Å²) in [5, 5.41) is 9.16. The van der Waals surface area contributed by atoms with Gasteiger partial charge in [0.1, 0.15) is 0 Å². The lowest BCUT2D eigenvalue weighted by Crippen LogP contribution is -2.19. The van der Waals surface area contributed by atoms with Gasteiger partial charge in [0.2, 0.25) is 5.91 Å². The summed E-state index contributed by atoms with van der Waals surface area (Å²) >= 11 is 0. The van der Waals surface area contributed by atoms with Gasteiger partial charge in [-0.2, -0.15) is 0 Å². The first-order valence-electron chi connectivity index (χ1n) is 2.14. The van der Waals surface area contributed by atoms with Gasteiger partial charge in [-0.1, -0.05) is 0 Å². The summed E-state index contributed by atoms with van der Waals surface area (Å²) in [6, 6.07) is 0. The van der Waals surface area contributed by atoms with E-state index in [0.717, 1.165) is 0 Å². The molecule has 3 nitrogen and oxygen atoms in total. The normalized spacial score (nSPS) is 21.3. The zero-order chi connectivity index (χ0) is 5.28. The van der Waals surface area contributed by atoms with E-state index in [9.17, 15) is 4.79 Å². The number of carbonyl (C=O) groups is 1. The molecule has 0 unspecified atom stereocenters. The molecule has 1 saturated heterocycles. The Morgan fingerprint density at radius 1 is 1.86 bits per heavy atom. The molecule has 7 heavy (non-hydrogen) atoms. The molecule has 1 aliphatic heterocycles. The third-order valence-corrected chi connectivity index (χ3v) is 0.914. The van der Waals surface area contributed by atoms with Crippen LogP contribution in [0.1, 0.15) is 6.42 Å². The maximum Gasteiger partial charge on any atom is 0.249 e. The van der Waals surface area contributed by atoms with Crippen LogP contribution in [0, 0.1) is 6.42 Å². The molecule has 0 saturated carbocycles. The number of carbonyl (C=O) groups excluding carboxylic acids is 1. The third kappa shape index (κ3) is 0.718. The number of hydroxylamine groups is 2. The molecule has 0 bridgehead atoms. The van der Waals surface area contributed by atoms with Gasteiger partial charge in [-0.15, -0.1) is 0 Å². The summed E-state index contributed by atoms with van der Waals surface area (Å²) in [5.74, 6) is -0.278. The largest absolute Gasteiger partial charge is 0.286 e. The Hall–Kier alpha value is -0.570. The SMILES string of the molecule is O=C1[CH]CCN1O. The quantitative estimate of drug-likeness (QED) is 0.429. The van der Waals surface area contributed by atoms with Crippen molar-refractivity contribution in [1.82, 2.24) is 5.06 Å². The molecule has 1 N–H and O–H groups in total. The van der Waals surface area contributed by atoms with Gasteiger partial charge in [-0.3, -0.25) is 10.0 Å². The van der Waals surface area contributed by atoms with Crippen LogP contribution >= 0.6 is 0 Å². The molecule has 0 aliphatic carbocycles. The zero-order valence-corrected chi connectivity index (χ0v) is 3.79. The van der Waals surface area contributed by atoms with Crippen LogP contribution < -0.4 is 0 Å². The minimum absolute atomic E-state index is 0.278. The van der Waals surface area contributed by atoms with Crippen molar-refractivity contribution in [3.05, 3.63) is 6.42 Å². The topological polar surface area (TPSA) is 40.5 Å². The van der Waals surface area contributed by atoms with Crippen molar-refractivity contribution in [2.24, 2.45) is 0 Å². The van der Waals surface area contributed by atoms with Gasteiger partial charge in [-0.25, -0.2) is 5.06 Å². The Labute approximate surface area is 41.5 Å². The molecule has 1 rings (SSSR count). The van der Waals surface area contributed by atoms with Crippen LogP contribution in [0.2, 0.25) is 0 Å². The van der Waals surface area contributed by atoms with Crippen LogP contribution in [-0.2, 0) is 4.79 Å². The maximum absolute atomic E-state index is 10.2. The minimum atomic E-state index is -0.278. The molecule has 0 aromatic carbocycles. The van der Waals surface area contributed by atoms with E-state index in [4.69, 9.17) is 5.21 Å². The highest BCUT2D eigenvalue weighted by atomic mass is 16.5. The summed E-state index contributed by atoms with van der Waals surface area (Å²) in [4.78, 5) is 10.2. The monoisotopic (exact) mass is 100 g/mol. The smallest absolute Gasteiger partial charge is 0.249 e. The summed E-state index contributed by atoms with van der Waals surface area (Å²) < 4.78 is 0. The first-order chi connectivity index (χ1) is 3.30. The Bertz CT molecular complexity index is 91.7. The predicted molar refractivity (Wildman–Crippen MR) is 22.4 cm³/mol. The van der Waals surface area contributed by atoms with E-state index < -0.39 is 0 Å². The Balaban J connectivity index is 2.48. The lowest BCUT2D eigenvalue weighted by molar-refractivity contribution is -0.154. The van der Waals surface area contributed by atoms with Gasteiger partial charge in [0.05, 0.1) is 6.42 Å². The highest BCUT2D eigenvalue weighted by Crippen LogP contribution is 2.03. The van der Waals surface area contributed by atoms with Crippen molar-refractivity contribution >= 4 is 5.91 Å². The first kappa shape index (κ1) is 4.59. The second-order valence-electron chi connectivity index (χ2n) is 1.45. The Kier molecular flexibility index (Phi) is 0.982. The fraction of sp³-hybridized carbons (Fsp3) is 0.500. The molecule has 0 atom stereocenters. The molecular weight excluding hydrogens is 94.0 g/mol. The maximum atomic E-state index is 10.2. The van der Waals surface area contributed by atoms with Crippen LogP contribution in [0.5, 0.6) is 0 Å². The van der Waals surface area contributed by atoms with E-state index in [1.807, 2.05) is 0 Å². The van der Waals surface area contributed by atoms with Crippen LogP contribution in [0.3, 0.4) is 0 Å². The van der Waals surface area contributed by atoms with Crippen molar-refractivity contribution < 1.29 is 10.0 Å². The van der Waals surface area contributed by atoms with E-state index in [1.165, 1.54) is 6.42 Å². The van der Waals surface area contributed by atoms with Crippen LogP contribution in [0.15, 0.2) is 0 Å². The molecule has 3 heteroatoms. The Morgan fingerprint density at radius 3 is 2.71 bits per heavy atom. The molecule has 0 aromatic heterocycles. The summed E-state index contributed by atoms with van der Waals surface area (Å²) in [7, 11) is 0. The van der Waals surface area contributed by atoms with Gasteiger partial charge in [0, 0.05) is 6.54 Å². The molecule has 1 amide bonds. The first-order valence-corrected chi connectivity index (χ1v) is 2.14. The number of rotatable bonds is 0. The fourth-order valence-electron chi connectivity index (χ4n) is 0.526. The number of amides is 1. The standard InChI is InChI=1S/C4H6NO2/c6-4-2-1-3-5(4)7/h2,7H,1,3H2. The highest BCUT2D eigenvalue weighted by Gasteiger charge is 2.17. The second kappa shape index (κ2) is 1.50. The van der Waals surface area contributed by atoms with Gasteiger partial charge < -0.3 is 0 Å². The van der Waals surface area contributed by atoms with Crippen LogP contribution in [0.4, 0.5) is 0 Å². The zero-order valence-electron chi connectivity index (χ0n) is 3.79. The number of hydrogen-bond acceptors (Lipinski definition) is 2. The summed E-state index contributed by atoms with van der Waals surface area (Å²) in [5.41, 5.74) is 0. The van der Waals surface area contributed by atoms with E-state index >= 15 is 0 Å². The van der Waals surface area contributed by atoms with Gasteiger partial charge >= 0.3 is 0 Å². The van der Waals surface area contributed by atoms with E-state index in [-0.39, 0.29) is 5.91 Å².